The van der Waals surface area contributed by atoms with Crippen LogP contribution in [0, 0.1) is 5.92 Å². The number of hydrogen-bond acceptors (Lipinski definition) is 3. The number of rotatable bonds is 6. The van der Waals surface area contributed by atoms with Crippen molar-refractivity contribution in [1.82, 2.24) is 9.88 Å². The van der Waals surface area contributed by atoms with E-state index in [1.165, 1.54) is 42.6 Å². The van der Waals surface area contributed by atoms with Crippen LogP contribution < -0.4 is 5.32 Å². The Kier molecular flexibility index (Phi) is 6.55. The molecule has 0 bridgehead atoms. The van der Waals surface area contributed by atoms with Gasteiger partial charge in [0.25, 0.3) is 5.91 Å². The molecule has 154 valence electrons. The molecule has 1 saturated heterocycles. The molecule has 4 rings (SSSR count). The molecule has 1 aliphatic heterocycles. The maximum absolute atomic E-state index is 12.6. The van der Waals surface area contributed by atoms with Gasteiger partial charge >= 0.3 is 0 Å². The lowest BCUT2D eigenvalue weighted by Gasteiger charge is -2.30. The van der Waals surface area contributed by atoms with Crippen LogP contribution in [0.4, 0.5) is 5.69 Å². The highest BCUT2D eigenvalue weighted by Gasteiger charge is 2.16. The summed E-state index contributed by atoms with van der Waals surface area (Å²) in [5.74, 6) is 0.704. The predicted octanol–water partition coefficient (Wildman–Crippen LogP) is 5.16. The maximum Gasteiger partial charge on any atom is 0.255 e. The van der Waals surface area contributed by atoms with Crippen molar-refractivity contribution in [3.8, 4) is 0 Å². The third kappa shape index (κ3) is 5.55. The summed E-state index contributed by atoms with van der Waals surface area (Å²) in [5.41, 5.74) is 5.19. The fourth-order valence-electron chi connectivity index (χ4n) is 4.10. The summed E-state index contributed by atoms with van der Waals surface area (Å²) >= 11 is 0. The van der Waals surface area contributed by atoms with Gasteiger partial charge in [0, 0.05) is 36.7 Å². The van der Waals surface area contributed by atoms with Crippen LogP contribution in [-0.2, 0) is 13.0 Å². The Morgan fingerprint density at radius 3 is 2.33 bits per heavy atom. The Hall–Kier alpha value is -2.98. The van der Waals surface area contributed by atoms with Crippen molar-refractivity contribution < 1.29 is 4.79 Å². The smallest absolute Gasteiger partial charge is 0.255 e. The molecule has 1 fully saturated rings. The van der Waals surface area contributed by atoms with E-state index in [2.05, 4.69) is 46.4 Å². The molecule has 2 heterocycles. The lowest BCUT2D eigenvalue weighted by atomic mass is 9.99. The standard InChI is InChI=1S/C26H29N3O/c1-20-3-2-16-29(18-20)19-23-4-8-24(9-5-23)26(30)28-25-10-6-21(7-11-25)17-22-12-14-27-15-13-22/h4-15,20H,2-3,16-19H2,1H3,(H,28,30)/t20-/m1/s1. The van der Waals surface area contributed by atoms with E-state index in [0.29, 0.717) is 5.56 Å². The molecule has 1 amide bonds. The first-order valence-electron chi connectivity index (χ1n) is 10.8. The third-order valence-corrected chi connectivity index (χ3v) is 5.73. The second kappa shape index (κ2) is 9.68. The van der Waals surface area contributed by atoms with Crippen molar-refractivity contribution in [3.05, 3.63) is 95.3 Å². The number of amides is 1. The van der Waals surface area contributed by atoms with E-state index < -0.39 is 0 Å². The first kappa shape index (κ1) is 20.3. The molecule has 0 spiro atoms. The number of carbonyl (C=O) groups excluding carboxylic acids is 1. The van der Waals surface area contributed by atoms with Crippen LogP contribution in [0.25, 0.3) is 0 Å². The van der Waals surface area contributed by atoms with E-state index in [9.17, 15) is 4.79 Å². The minimum absolute atomic E-state index is 0.0740. The quantitative estimate of drug-likeness (QED) is 0.623. The lowest BCUT2D eigenvalue weighted by Crippen LogP contribution is -2.33. The van der Waals surface area contributed by atoms with Crippen LogP contribution in [0.1, 0.15) is 46.8 Å². The van der Waals surface area contributed by atoms with Crippen molar-refractivity contribution in [2.45, 2.75) is 32.7 Å². The average Bonchev–Trinajstić information content (AvgIpc) is 2.76. The van der Waals surface area contributed by atoms with Gasteiger partial charge in [-0.15, -0.1) is 0 Å². The van der Waals surface area contributed by atoms with Crippen LogP contribution in [0.15, 0.2) is 73.1 Å². The normalized spacial score (nSPS) is 16.9. The number of carbonyl (C=O) groups is 1. The van der Waals surface area contributed by atoms with E-state index in [0.717, 1.165) is 24.6 Å². The van der Waals surface area contributed by atoms with Crippen LogP contribution in [0.5, 0.6) is 0 Å². The SMILES string of the molecule is C[C@@H]1CCCN(Cc2ccc(C(=O)Nc3ccc(Cc4ccncc4)cc3)cc2)C1. The van der Waals surface area contributed by atoms with Gasteiger partial charge < -0.3 is 5.32 Å². The fraction of sp³-hybridized carbons (Fsp3) is 0.308. The van der Waals surface area contributed by atoms with Gasteiger partial charge in [-0.1, -0.05) is 31.2 Å². The topological polar surface area (TPSA) is 45.2 Å². The van der Waals surface area contributed by atoms with Crippen molar-refractivity contribution in [2.75, 3.05) is 18.4 Å². The first-order valence-corrected chi connectivity index (χ1v) is 10.8. The maximum atomic E-state index is 12.6. The summed E-state index contributed by atoms with van der Waals surface area (Å²) in [7, 11) is 0. The molecular formula is C26H29N3O. The predicted molar refractivity (Wildman–Crippen MR) is 122 cm³/mol. The molecule has 4 heteroatoms. The molecule has 1 aromatic heterocycles. The monoisotopic (exact) mass is 399 g/mol. The van der Waals surface area contributed by atoms with Crippen LogP contribution >= 0.6 is 0 Å². The van der Waals surface area contributed by atoms with Crippen LogP contribution in [-0.4, -0.2) is 28.9 Å². The fourth-order valence-corrected chi connectivity index (χ4v) is 4.10. The minimum atomic E-state index is -0.0740. The Bertz CT molecular complexity index is 952. The third-order valence-electron chi connectivity index (χ3n) is 5.73. The second-order valence-corrected chi connectivity index (χ2v) is 8.36. The molecule has 0 unspecified atom stereocenters. The molecular weight excluding hydrogens is 370 g/mol. The van der Waals surface area contributed by atoms with E-state index >= 15 is 0 Å². The number of likely N-dealkylation sites (tertiary alicyclic amines) is 1. The Morgan fingerprint density at radius 2 is 1.63 bits per heavy atom. The number of benzene rings is 2. The summed E-state index contributed by atoms with van der Waals surface area (Å²) in [5, 5.41) is 3.00. The molecule has 0 aliphatic carbocycles. The van der Waals surface area contributed by atoms with Gasteiger partial charge in [-0.2, -0.15) is 0 Å². The van der Waals surface area contributed by atoms with Crippen LogP contribution in [0.3, 0.4) is 0 Å². The van der Waals surface area contributed by atoms with Gasteiger partial charge in [0.1, 0.15) is 0 Å². The molecule has 1 atom stereocenters. The van der Waals surface area contributed by atoms with Crippen LogP contribution in [0.2, 0.25) is 0 Å². The summed E-state index contributed by atoms with van der Waals surface area (Å²) < 4.78 is 0. The summed E-state index contributed by atoms with van der Waals surface area (Å²) in [4.78, 5) is 19.2. The molecule has 1 aliphatic rings. The van der Waals surface area contributed by atoms with E-state index in [1.807, 2.05) is 48.8 Å². The van der Waals surface area contributed by atoms with Crippen molar-refractivity contribution in [2.24, 2.45) is 5.92 Å². The van der Waals surface area contributed by atoms with Crippen molar-refractivity contribution in [1.29, 1.82) is 0 Å². The number of hydrogen-bond donors (Lipinski definition) is 1. The highest BCUT2D eigenvalue weighted by Crippen LogP contribution is 2.19. The highest BCUT2D eigenvalue weighted by atomic mass is 16.1. The number of nitrogens with one attached hydrogen (secondary N) is 1. The minimum Gasteiger partial charge on any atom is -0.322 e. The largest absolute Gasteiger partial charge is 0.322 e. The van der Waals surface area contributed by atoms with E-state index in [4.69, 9.17) is 0 Å². The molecule has 0 saturated carbocycles. The number of pyridine rings is 1. The average molecular weight is 400 g/mol. The second-order valence-electron chi connectivity index (χ2n) is 8.36. The zero-order valence-corrected chi connectivity index (χ0v) is 17.6. The first-order chi connectivity index (χ1) is 14.7. The van der Waals surface area contributed by atoms with Gasteiger partial charge in [0.15, 0.2) is 0 Å². The molecule has 3 aromatic rings. The van der Waals surface area contributed by atoms with Gasteiger partial charge in [-0.3, -0.25) is 14.7 Å². The highest BCUT2D eigenvalue weighted by molar-refractivity contribution is 6.04. The number of anilines is 1. The molecule has 30 heavy (non-hydrogen) atoms. The summed E-state index contributed by atoms with van der Waals surface area (Å²) in [6.45, 7) is 5.62. The van der Waals surface area contributed by atoms with Gasteiger partial charge in [-0.25, -0.2) is 0 Å². The number of aromatic nitrogens is 1. The Labute approximate surface area is 179 Å². The number of nitrogens with zero attached hydrogens (tertiary/aromatic N) is 2. The molecule has 0 radical (unpaired) electrons. The van der Waals surface area contributed by atoms with Crippen molar-refractivity contribution >= 4 is 11.6 Å². The summed E-state index contributed by atoms with van der Waals surface area (Å²) in [6, 6.07) is 20.1. The summed E-state index contributed by atoms with van der Waals surface area (Å²) in [6.07, 6.45) is 7.09. The lowest BCUT2D eigenvalue weighted by molar-refractivity contribution is 0.102. The zero-order chi connectivity index (χ0) is 20.8. The molecule has 2 aromatic carbocycles. The molecule has 4 nitrogen and oxygen atoms in total. The van der Waals surface area contributed by atoms with Gasteiger partial charge in [0.05, 0.1) is 0 Å². The Balaban J connectivity index is 1.32. The van der Waals surface area contributed by atoms with Gasteiger partial charge in [0.2, 0.25) is 0 Å². The zero-order valence-electron chi connectivity index (χ0n) is 17.6. The van der Waals surface area contributed by atoms with Crippen molar-refractivity contribution in [3.63, 3.8) is 0 Å². The van der Waals surface area contributed by atoms with E-state index in [1.54, 1.807) is 0 Å². The number of piperidine rings is 1. The Morgan fingerprint density at radius 1 is 0.967 bits per heavy atom. The van der Waals surface area contributed by atoms with E-state index in [-0.39, 0.29) is 5.91 Å². The van der Waals surface area contributed by atoms with Gasteiger partial charge in [-0.05, 0) is 84.8 Å². The molecule has 1 N–H and O–H groups in total.